The second-order valence-corrected chi connectivity index (χ2v) is 5.99. The summed E-state index contributed by atoms with van der Waals surface area (Å²) in [7, 11) is 0. The molecule has 1 aromatic carbocycles. The third-order valence-corrected chi connectivity index (χ3v) is 4.22. The SMILES string of the molecule is CCCc1cccc2c(=O)c(C3=CC=C(OC(F)(F)F)CC3)c[nH]c12. The summed E-state index contributed by atoms with van der Waals surface area (Å²) in [5.41, 5.74) is 3.00. The zero-order valence-corrected chi connectivity index (χ0v) is 13.7. The van der Waals surface area contributed by atoms with Gasteiger partial charge in [-0.2, -0.15) is 0 Å². The molecule has 0 radical (unpaired) electrons. The highest BCUT2D eigenvalue weighted by Gasteiger charge is 2.32. The Labute approximate surface area is 142 Å². The number of fused-ring (bicyclic) bond motifs is 1. The minimum atomic E-state index is -4.69. The lowest BCUT2D eigenvalue weighted by atomic mass is 9.95. The van der Waals surface area contributed by atoms with Crippen molar-refractivity contribution in [2.45, 2.75) is 39.0 Å². The fourth-order valence-electron chi connectivity index (χ4n) is 3.11. The van der Waals surface area contributed by atoms with Crippen LogP contribution in [0.2, 0.25) is 0 Å². The summed E-state index contributed by atoms with van der Waals surface area (Å²) in [5, 5.41) is 0.602. The van der Waals surface area contributed by atoms with Crippen molar-refractivity contribution < 1.29 is 17.9 Å². The molecule has 132 valence electrons. The number of aromatic nitrogens is 1. The fraction of sp³-hybridized carbons (Fsp3) is 0.316. The van der Waals surface area contributed by atoms with Gasteiger partial charge >= 0.3 is 6.36 Å². The van der Waals surface area contributed by atoms with Crippen molar-refractivity contribution >= 4 is 16.5 Å². The normalized spacial score (nSPS) is 15.0. The molecule has 0 unspecified atom stereocenters. The van der Waals surface area contributed by atoms with Crippen LogP contribution < -0.4 is 5.43 Å². The number of aromatic amines is 1. The summed E-state index contributed by atoms with van der Waals surface area (Å²) in [5.74, 6) is -0.140. The van der Waals surface area contributed by atoms with Crippen LogP contribution >= 0.6 is 0 Å². The Bertz CT molecular complexity index is 907. The Morgan fingerprint density at radius 2 is 2.00 bits per heavy atom. The fourth-order valence-corrected chi connectivity index (χ4v) is 3.11. The number of nitrogens with one attached hydrogen (secondary N) is 1. The van der Waals surface area contributed by atoms with E-state index in [1.54, 1.807) is 12.3 Å². The number of hydrogen-bond acceptors (Lipinski definition) is 2. The Kier molecular flexibility index (Phi) is 4.70. The van der Waals surface area contributed by atoms with Crippen LogP contribution in [0.1, 0.15) is 37.3 Å². The second kappa shape index (κ2) is 6.78. The maximum absolute atomic E-state index is 12.8. The van der Waals surface area contributed by atoms with Crippen LogP contribution in [0, 0.1) is 0 Å². The van der Waals surface area contributed by atoms with Crippen LogP contribution in [0.15, 0.2) is 47.1 Å². The molecule has 2 aromatic rings. The third-order valence-electron chi connectivity index (χ3n) is 4.22. The number of benzene rings is 1. The Hall–Kier alpha value is -2.50. The number of ether oxygens (including phenoxy) is 1. The van der Waals surface area contributed by atoms with E-state index in [9.17, 15) is 18.0 Å². The molecule has 0 saturated carbocycles. The van der Waals surface area contributed by atoms with Gasteiger partial charge in [0.2, 0.25) is 0 Å². The molecule has 0 atom stereocenters. The van der Waals surface area contributed by atoms with Gasteiger partial charge in [0, 0.05) is 23.6 Å². The number of pyridine rings is 1. The summed E-state index contributed by atoms with van der Waals surface area (Å²) in [6, 6.07) is 5.62. The van der Waals surface area contributed by atoms with E-state index in [-0.39, 0.29) is 17.6 Å². The van der Waals surface area contributed by atoms with E-state index < -0.39 is 6.36 Å². The quantitative estimate of drug-likeness (QED) is 0.836. The van der Waals surface area contributed by atoms with Crippen molar-refractivity contribution in [2.24, 2.45) is 0 Å². The molecule has 0 saturated heterocycles. The summed E-state index contributed by atoms with van der Waals surface area (Å²) >= 11 is 0. The van der Waals surface area contributed by atoms with Gasteiger partial charge in [-0.05, 0) is 36.1 Å². The molecule has 1 heterocycles. The molecule has 0 amide bonds. The number of hydrogen-bond donors (Lipinski definition) is 1. The topological polar surface area (TPSA) is 42.1 Å². The van der Waals surface area contributed by atoms with Crippen molar-refractivity contribution in [3.63, 3.8) is 0 Å². The van der Waals surface area contributed by atoms with Crippen LogP contribution in [0.3, 0.4) is 0 Å². The Balaban J connectivity index is 1.98. The first-order valence-corrected chi connectivity index (χ1v) is 8.18. The molecule has 25 heavy (non-hydrogen) atoms. The highest BCUT2D eigenvalue weighted by atomic mass is 19.4. The van der Waals surface area contributed by atoms with Crippen LogP contribution in [-0.4, -0.2) is 11.3 Å². The molecule has 1 aliphatic rings. The largest absolute Gasteiger partial charge is 0.572 e. The smallest absolute Gasteiger partial charge is 0.410 e. The number of alkyl halides is 3. The van der Waals surface area contributed by atoms with Gasteiger partial charge in [0.25, 0.3) is 0 Å². The van der Waals surface area contributed by atoms with Crippen LogP contribution in [0.25, 0.3) is 16.5 Å². The van der Waals surface area contributed by atoms with Crippen LogP contribution in [-0.2, 0) is 11.2 Å². The lowest BCUT2D eigenvalue weighted by Gasteiger charge is -2.17. The van der Waals surface area contributed by atoms with Gasteiger partial charge in [-0.3, -0.25) is 4.79 Å². The summed E-state index contributed by atoms with van der Waals surface area (Å²) in [4.78, 5) is 16.0. The minimum Gasteiger partial charge on any atom is -0.410 e. The van der Waals surface area contributed by atoms with Crippen LogP contribution in [0.5, 0.6) is 0 Å². The monoisotopic (exact) mass is 349 g/mol. The predicted octanol–water partition coefficient (Wildman–Crippen LogP) is 5.08. The second-order valence-electron chi connectivity index (χ2n) is 5.99. The Morgan fingerprint density at radius 3 is 2.64 bits per heavy atom. The number of H-pyrrole nitrogens is 1. The lowest BCUT2D eigenvalue weighted by Crippen LogP contribution is -2.15. The van der Waals surface area contributed by atoms with Gasteiger partial charge in [-0.15, -0.1) is 13.2 Å². The van der Waals surface area contributed by atoms with Crippen molar-refractivity contribution in [3.8, 4) is 0 Å². The summed E-state index contributed by atoms with van der Waals surface area (Å²) in [6.45, 7) is 2.07. The molecule has 0 aliphatic heterocycles. The van der Waals surface area contributed by atoms with Gasteiger partial charge in [-0.25, -0.2) is 0 Å². The first kappa shape index (κ1) is 17.3. The predicted molar refractivity (Wildman–Crippen MR) is 91.0 cm³/mol. The van der Waals surface area contributed by atoms with Crippen molar-refractivity contribution in [1.82, 2.24) is 4.98 Å². The molecule has 3 rings (SSSR count). The molecule has 6 heteroatoms. The van der Waals surface area contributed by atoms with E-state index in [4.69, 9.17) is 0 Å². The van der Waals surface area contributed by atoms with E-state index >= 15 is 0 Å². The zero-order valence-electron chi connectivity index (χ0n) is 13.7. The van der Waals surface area contributed by atoms with E-state index in [0.717, 1.165) is 23.9 Å². The standard InChI is InChI=1S/C19H18F3NO2/c1-2-4-13-5-3-6-15-17(13)23-11-16(18(15)24)12-7-9-14(10-8-12)25-19(20,21)22/h3,5-7,9,11H,2,4,8,10H2,1H3,(H,23,24). The van der Waals surface area contributed by atoms with Gasteiger partial charge < -0.3 is 9.72 Å². The van der Waals surface area contributed by atoms with E-state index in [1.165, 1.54) is 12.2 Å². The van der Waals surface area contributed by atoms with E-state index in [0.29, 0.717) is 22.9 Å². The molecular formula is C19H18F3NO2. The maximum atomic E-state index is 12.8. The number of halogens is 3. The van der Waals surface area contributed by atoms with Crippen molar-refractivity contribution in [1.29, 1.82) is 0 Å². The van der Waals surface area contributed by atoms with Gasteiger partial charge in [0.05, 0.1) is 5.52 Å². The average molecular weight is 349 g/mol. The van der Waals surface area contributed by atoms with Crippen molar-refractivity contribution in [3.05, 3.63) is 63.7 Å². The number of rotatable bonds is 4. The first-order valence-electron chi connectivity index (χ1n) is 8.18. The van der Waals surface area contributed by atoms with Gasteiger partial charge in [0.15, 0.2) is 5.43 Å². The minimum absolute atomic E-state index is 0.105. The first-order chi connectivity index (χ1) is 11.9. The van der Waals surface area contributed by atoms with E-state index in [2.05, 4.69) is 16.6 Å². The number of aryl methyl sites for hydroxylation is 1. The van der Waals surface area contributed by atoms with E-state index in [1.807, 2.05) is 12.1 Å². The molecule has 0 spiro atoms. The maximum Gasteiger partial charge on any atom is 0.572 e. The molecule has 0 bridgehead atoms. The summed E-state index contributed by atoms with van der Waals surface area (Å²) < 4.78 is 40.7. The number of allylic oxidation sites excluding steroid dienone is 4. The molecule has 1 N–H and O–H groups in total. The molecule has 1 aliphatic carbocycles. The highest BCUT2D eigenvalue weighted by Crippen LogP contribution is 2.30. The third kappa shape index (κ3) is 3.78. The van der Waals surface area contributed by atoms with Gasteiger partial charge in [0.1, 0.15) is 5.76 Å². The number of para-hydroxylation sites is 1. The molecule has 1 aromatic heterocycles. The Morgan fingerprint density at radius 1 is 1.20 bits per heavy atom. The molecular weight excluding hydrogens is 331 g/mol. The highest BCUT2D eigenvalue weighted by molar-refractivity contribution is 5.85. The zero-order chi connectivity index (χ0) is 18.0. The summed E-state index contributed by atoms with van der Waals surface area (Å²) in [6.07, 6.45) is 2.05. The molecule has 0 fully saturated rings. The average Bonchev–Trinajstić information content (AvgIpc) is 2.56. The lowest BCUT2D eigenvalue weighted by molar-refractivity contribution is -0.306. The van der Waals surface area contributed by atoms with Crippen molar-refractivity contribution in [2.75, 3.05) is 0 Å². The van der Waals surface area contributed by atoms with Gasteiger partial charge in [-0.1, -0.05) is 31.6 Å². The van der Waals surface area contributed by atoms with Crippen LogP contribution in [0.4, 0.5) is 13.2 Å². The molecule has 3 nitrogen and oxygen atoms in total.